The molecule has 0 unspecified atom stereocenters. The van der Waals surface area contributed by atoms with Crippen molar-refractivity contribution in [3.05, 3.63) is 34.4 Å². The number of nitrogens with one attached hydrogen (secondary N) is 1. The molecule has 1 amide bonds. The Balaban J connectivity index is 2.62. The van der Waals surface area contributed by atoms with Gasteiger partial charge >= 0.3 is 0 Å². The number of carbonyl (C=O) groups excluding carboxylic acids is 1. The van der Waals surface area contributed by atoms with Crippen LogP contribution in [0.3, 0.4) is 0 Å². The molecule has 1 N–H and O–H groups in total. The maximum atomic E-state index is 11.8. The molecule has 102 valence electrons. The lowest BCUT2D eigenvalue weighted by Gasteiger charge is -2.15. The third-order valence-electron chi connectivity index (χ3n) is 3.48. The zero-order valence-electron chi connectivity index (χ0n) is 12.4. The molecule has 0 bridgehead atoms. The summed E-state index contributed by atoms with van der Waals surface area (Å²) >= 11 is 0. The molecular formula is C16H22N2O. The molecule has 0 fully saturated rings. The second-order valence-electron chi connectivity index (χ2n) is 5.61. The van der Waals surface area contributed by atoms with Crippen molar-refractivity contribution in [3.63, 3.8) is 0 Å². The quantitative estimate of drug-likeness (QED) is 0.902. The van der Waals surface area contributed by atoms with E-state index in [1.54, 1.807) is 13.8 Å². The highest BCUT2D eigenvalue weighted by Crippen LogP contribution is 2.16. The topological polar surface area (TPSA) is 52.9 Å². The Morgan fingerprint density at radius 3 is 2.37 bits per heavy atom. The minimum absolute atomic E-state index is 0.212. The fourth-order valence-corrected chi connectivity index (χ4v) is 1.87. The molecule has 3 nitrogen and oxygen atoms in total. The average Bonchev–Trinajstić information content (AvgIpc) is 2.35. The number of hydrogen-bond acceptors (Lipinski definition) is 2. The van der Waals surface area contributed by atoms with Gasteiger partial charge in [0, 0.05) is 6.54 Å². The first-order valence-electron chi connectivity index (χ1n) is 6.54. The van der Waals surface area contributed by atoms with Gasteiger partial charge in [0.15, 0.2) is 0 Å². The molecule has 0 aromatic heterocycles. The molecule has 1 aromatic carbocycles. The lowest BCUT2D eigenvalue weighted by molar-refractivity contribution is -0.126. The smallest absolute Gasteiger partial charge is 0.239 e. The van der Waals surface area contributed by atoms with E-state index >= 15 is 0 Å². The van der Waals surface area contributed by atoms with Crippen LogP contribution in [0.2, 0.25) is 0 Å². The van der Waals surface area contributed by atoms with Gasteiger partial charge in [-0.1, -0.05) is 12.1 Å². The van der Waals surface area contributed by atoms with Gasteiger partial charge in [0.1, 0.15) is 5.41 Å². The second-order valence-corrected chi connectivity index (χ2v) is 5.61. The summed E-state index contributed by atoms with van der Waals surface area (Å²) in [5.41, 5.74) is 4.09. The first-order valence-corrected chi connectivity index (χ1v) is 6.54. The Morgan fingerprint density at radius 2 is 1.79 bits per heavy atom. The molecule has 0 heterocycles. The molecule has 1 aromatic rings. The molecule has 0 saturated carbocycles. The number of rotatable bonds is 4. The SMILES string of the molecule is Cc1cc(C)c(CCNC(=O)C(C)(C)C#N)cc1C. The van der Waals surface area contributed by atoms with Gasteiger partial charge in [-0.25, -0.2) is 0 Å². The fourth-order valence-electron chi connectivity index (χ4n) is 1.87. The minimum Gasteiger partial charge on any atom is -0.354 e. The Kier molecular flexibility index (Phi) is 4.72. The van der Waals surface area contributed by atoms with Gasteiger partial charge in [-0.15, -0.1) is 0 Å². The van der Waals surface area contributed by atoms with Gasteiger partial charge in [0.2, 0.25) is 5.91 Å². The van der Waals surface area contributed by atoms with Crippen molar-refractivity contribution >= 4 is 5.91 Å². The molecular weight excluding hydrogens is 236 g/mol. The fraction of sp³-hybridized carbons (Fsp3) is 0.500. The van der Waals surface area contributed by atoms with Crippen molar-refractivity contribution in [1.82, 2.24) is 5.32 Å². The molecule has 0 radical (unpaired) electrons. The van der Waals surface area contributed by atoms with Gasteiger partial charge in [-0.2, -0.15) is 5.26 Å². The Morgan fingerprint density at radius 1 is 1.21 bits per heavy atom. The van der Waals surface area contributed by atoms with Gasteiger partial charge in [-0.3, -0.25) is 4.79 Å². The van der Waals surface area contributed by atoms with Crippen LogP contribution >= 0.6 is 0 Å². The van der Waals surface area contributed by atoms with E-state index in [9.17, 15) is 4.79 Å². The van der Waals surface area contributed by atoms with Crippen LogP contribution < -0.4 is 5.32 Å². The maximum Gasteiger partial charge on any atom is 0.239 e. The zero-order valence-corrected chi connectivity index (χ0v) is 12.4. The molecule has 0 atom stereocenters. The van der Waals surface area contributed by atoms with E-state index in [-0.39, 0.29) is 5.91 Å². The molecule has 0 aliphatic rings. The first kappa shape index (κ1) is 15.2. The summed E-state index contributed by atoms with van der Waals surface area (Å²) < 4.78 is 0. The number of carbonyl (C=O) groups is 1. The number of nitriles is 1. The van der Waals surface area contributed by atoms with Crippen LogP contribution in [-0.4, -0.2) is 12.5 Å². The van der Waals surface area contributed by atoms with Crippen molar-refractivity contribution < 1.29 is 4.79 Å². The molecule has 0 aliphatic carbocycles. The predicted octanol–water partition coefficient (Wildman–Crippen LogP) is 2.82. The molecule has 0 saturated heterocycles. The third kappa shape index (κ3) is 3.82. The number of amides is 1. The van der Waals surface area contributed by atoms with Crippen molar-refractivity contribution in [2.24, 2.45) is 5.41 Å². The first-order chi connectivity index (χ1) is 8.77. The third-order valence-corrected chi connectivity index (χ3v) is 3.48. The van der Waals surface area contributed by atoms with E-state index in [1.807, 2.05) is 6.07 Å². The number of benzene rings is 1. The van der Waals surface area contributed by atoms with Crippen LogP contribution in [0.1, 0.15) is 36.1 Å². The van der Waals surface area contributed by atoms with E-state index in [2.05, 4.69) is 38.2 Å². The highest BCUT2D eigenvalue weighted by molar-refractivity contribution is 5.84. The van der Waals surface area contributed by atoms with E-state index in [4.69, 9.17) is 5.26 Å². The molecule has 19 heavy (non-hydrogen) atoms. The van der Waals surface area contributed by atoms with E-state index in [0.29, 0.717) is 6.54 Å². The number of aryl methyl sites for hydroxylation is 3. The average molecular weight is 258 g/mol. The van der Waals surface area contributed by atoms with Gasteiger partial charge in [0.05, 0.1) is 6.07 Å². The normalized spacial score (nSPS) is 10.9. The lowest BCUT2D eigenvalue weighted by Crippen LogP contribution is -2.37. The lowest BCUT2D eigenvalue weighted by atomic mass is 9.94. The Hall–Kier alpha value is -1.82. The summed E-state index contributed by atoms with van der Waals surface area (Å²) in [6, 6.07) is 6.35. The van der Waals surface area contributed by atoms with Crippen molar-refractivity contribution in [1.29, 1.82) is 5.26 Å². The second kappa shape index (κ2) is 5.88. The van der Waals surface area contributed by atoms with Crippen LogP contribution in [0, 0.1) is 37.5 Å². The number of nitrogens with zero attached hydrogens (tertiary/aromatic N) is 1. The standard InChI is InChI=1S/C16H22N2O/c1-11-8-13(3)14(9-12(11)2)6-7-18-15(19)16(4,5)10-17/h8-9H,6-7H2,1-5H3,(H,18,19). The Labute approximate surface area is 115 Å². The van der Waals surface area contributed by atoms with Crippen LogP contribution in [0.5, 0.6) is 0 Å². The van der Waals surface area contributed by atoms with Crippen LogP contribution in [0.15, 0.2) is 12.1 Å². The van der Waals surface area contributed by atoms with Gasteiger partial charge in [0.25, 0.3) is 0 Å². The van der Waals surface area contributed by atoms with E-state index < -0.39 is 5.41 Å². The van der Waals surface area contributed by atoms with Gasteiger partial charge in [-0.05, 0) is 63.3 Å². The van der Waals surface area contributed by atoms with Crippen LogP contribution in [-0.2, 0) is 11.2 Å². The van der Waals surface area contributed by atoms with Crippen LogP contribution in [0.4, 0.5) is 0 Å². The van der Waals surface area contributed by atoms with Crippen molar-refractivity contribution in [3.8, 4) is 6.07 Å². The Bertz CT molecular complexity index is 524. The molecule has 0 aliphatic heterocycles. The molecule has 3 heteroatoms. The van der Waals surface area contributed by atoms with Crippen LogP contribution in [0.25, 0.3) is 0 Å². The zero-order chi connectivity index (χ0) is 14.6. The highest BCUT2D eigenvalue weighted by atomic mass is 16.2. The molecule has 1 rings (SSSR count). The number of hydrogen-bond donors (Lipinski definition) is 1. The summed E-state index contributed by atoms with van der Waals surface area (Å²) in [7, 11) is 0. The minimum atomic E-state index is -0.960. The monoisotopic (exact) mass is 258 g/mol. The summed E-state index contributed by atoms with van der Waals surface area (Å²) in [5, 5.41) is 11.7. The summed E-state index contributed by atoms with van der Waals surface area (Å²) in [5.74, 6) is -0.212. The summed E-state index contributed by atoms with van der Waals surface area (Å²) in [4.78, 5) is 11.8. The maximum absolute atomic E-state index is 11.8. The van der Waals surface area contributed by atoms with Gasteiger partial charge < -0.3 is 5.32 Å². The van der Waals surface area contributed by atoms with Crippen molar-refractivity contribution in [2.75, 3.05) is 6.54 Å². The summed E-state index contributed by atoms with van der Waals surface area (Å²) in [6.45, 7) is 10.1. The van der Waals surface area contributed by atoms with E-state index in [1.165, 1.54) is 22.3 Å². The molecule has 0 spiro atoms. The largest absolute Gasteiger partial charge is 0.354 e. The van der Waals surface area contributed by atoms with Crippen molar-refractivity contribution in [2.45, 2.75) is 41.0 Å². The highest BCUT2D eigenvalue weighted by Gasteiger charge is 2.26. The predicted molar refractivity (Wildman–Crippen MR) is 76.8 cm³/mol. The summed E-state index contributed by atoms with van der Waals surface area (Å²) in [6.07, 6.45) is 0.792. The van der Waals surface area contributed by atoms with E-state index in [0.717, 1.165) is 6.42 Å².